The number of likely N-dealkylation sites (N-methyl/N-ethyl adjacent to an activating group) is 1. The molecule has 3 rings (SSSR count). The van der Waals surface area contributed by atoms with E-state index in [2.05, 4.69) is 19.2 Å². The second-order valence-corrected chi connectivity index (χ2v) is 7.14. The van der Waals surface area contributed by atoms with Crippen molar-refractivity contribution in [3.8, 4) is 0 Å². The lowest BCUT2D eigenvalue weighted by Gasteiger charge is -2.31. The van der Waals surface area contributed by atoms with Gasteiger partial charge in [0.25, 0.3) is 5.91 Å². The first kappa shape index (κ1) is 16.8. The summed E-state index contributed by atoms with van der Waals surface area (Å²) in [5, 5.41) is 3.46. The Morgan fingerprint density at radius 2 is 2.00 bits per heavy atom. The smallest absolute Gasteiger partial charge is 0.322 e. The third-order valence-corrected chi connectivity index (χ3v) is 4.97. The Balaban J connectivity index is 1.96. The van der Waals surface area contributed by atoms with Crippen LogP contribution in [0.4, 0.5) is 4.79 Å². The lowest BCUT2D eigenvalue weighted by molar-refractivity contribution is -0.125. The number of urea groups is 1. The number of halogens is 1. The summed E-state index contributed by atoms with van der Waals surface area (Å²) in [4.78, 5) is 28.6. The summed E-state index contributed by atoms with van der Waals surface area (Å²) in [7, 11) is 1.70. The largest absolute Gasteiger partial charge is 0.333 e. The second kappa shape index (κ2) is 6.48. The Kier molecular flexibility index (Phi) is 4.54. The molecule has 0 saturated carbocycles. The zero-order valence-electron chi connectivity index (χ0n) is 14.2. The van der Waals surface area contributed by atoms with E-state index in [0.29, 0.717) is 29.6 Å². The number of carbonyl (C=O) groups excluding carboxylic acids is 2. The maximum Gasteiger partial charge on any atom is 0.322 e. The van der Waals surface area contributed by atoms with Gasteiger partial charge in [0.2, 0.25) is 0 Å². The third kappa shape index (κ3) is 2.88. The molecule has 0 fully saturated rings. The molecule has 0 spiro atoms. The van der Waals surface area contributed by atoms with Gasteiger partial charge in [-0.1, -0.05) is 43.6 Å². The van der Waals surface area contributed by atoms with Crippen molar-refractivity contribution in [2.24, 2.45) is 5.92 Å². The van der Waals surface area contributed by atoms with Crippen molar-refractivity contribution < 1.29 is 9.59 Å². The summed E-state index contributed by atoms with van der Waals surface area (Å²) in [6.45, 7) is 5.45. The molecular formula is C18H22ClN3O2. The van der Waals surface area contributed by atoms with Crippen LogP contribution in [0.2, 0.25) is 5.02 Å². The summed E-state index contributed by atoms with van der Waals surface area (Å²) in [6.07, 6.45) is 0.939. The molecule has 128 valence electrons. The third-order valence-electron chi connectivity index (χ3n) is 4.63. The standard InChI is InChI=1S/C18H22ClN3O2/c1-11(2)8-9-22-10-14-15(17(22)23)16(20-18(24)21(14)3)12-6-4-5-7-13(12)19/h4-7,11,16H,8-10H2,1-3H3,(H,20,24)/t16-/m0/s1. The van der Waals surface area contributed by atoms with Gasteiger partial charge in [-0.15, -0.1) is 0 Å². The SMILES string of the molecule is CC(C)CCN1CC2=C(C1=O)[C@H](c1ccccc1Cl)NC(=O)N2C. The summed E-state index contributed by atoms with van der Waals surface area (Å²) in [6, 6.07) is 6.63. The lowest BCUT2D eigenvalue weighted by atomic mass is 9.95. The van der Waals surface area contributed by atoms with Crippen molar-refractivity contribution in [1.29, 1.82) is 0 Å². The first-order valence-electron chi connectivity index (χ1n) is 8.21. The van der Waals surface area contributed by atoms with Gasteiger partial charge in [0.15, 0.2) is 0 Å². The number of hydrogen-bond donors (Lipinski definition) is 1. The number of hydrogen-bond acceptors (Lipinski definition) is 2. The maximum atomic E-state index is 12.9. The summed E-state index contributed by atoms with van der Waals surface area (Å²) in [5.74, 6) is 0.509. The minimum Gasteiger partial charge on any atom is -0.333 e. The number of nitrogens with zero attached hydrogens (tertiary/aromatic N) is 2. The number of carbonyl (C=O) groups is 2. The average molecular weight is 348 g/mol. The van der Waals surface area contributed by atoms with Crippen molar-refractivity contribution >= 4 is 23.5 Å². The van der Waals surface area contributed by atoms with Gasteiger partial charge >= 0.3 is 6.03 Å². The van der Waals surface area contributed by atoms with E-state index in [1.807, 2.05) is 23.1 Å². The summed E-state index contributed by atoms with van der Waals surface area (Å²) < 4.78 is 0. The van der Waals surface area contributed by atoms with Crippen LogP contribution in [-0.4, -0.2) is 41.9 Å². The normalized spacial score (nSPS) is 20.8. The van der Waals surface area contributed by atoms with Crippen LogP contribution in [0.1, 0.15) is 31.9 Å². The van der Waals surface area contributed by atoms with E-state index in [1.165, 1.54) is 4.90 Å². The number of benzene rings is 1. The molecule has 1 aromatic rings. The Hall–Kier alpha value is -2.01. The molecule has 3 amide bonds. The molecule has 6 heteroatoms. The molecule has 0 saturated heterocycles. The molecular weight excluding hydrogens is 326 g/mol. The van der Waals surface area contributed by atoms with E-state index >= 15 is 0 Å². The molecule has 1 aromatic carbocycles. The highest BCUT2D eigenvalue weighted by Crippen LogP contribution is 2.37. The molecule has 2 aliphatic heterocycles. The van der Waals surface area contributed by atoms with Gasteiger partial charge in [-0.05, 0) is 24.0 Å². The first-order chi connectivity index (χ1) is 11.4. The zero-order chi connectivity index (χ0) is 17.4. The minimum atomic E-state index is -0.492. The Labute approximate surface area is 147 Å². The average Bonchev–Trinajstić information content (AvgIpc) is 2.87. The fourth-order valence-electron chi connectivity index (χ4n) is 3.16. The van der Waals surface area contributed by atoms with E-state index in [0.717, 1.165) is 17.7 Å². The Bertz CT molecular complexity index is 714. The molecule has 1 atom stereocenters. The molecule has 0 unspecified atom stereocenters. The van der Waals surface area contributed by atoms with E-state index in [-0.39, 0.29) is 11.9 Å². The van der Waals surface area contributed by atoms with E-state index in [1.54, 1.807) is 13.1 Å². The number of nitrogens with one attached hydrogen (secondary N) is 1. The van der Waals surface area contributed by atoms with Crippen molar-refractivity contribution in [3.63, 3.8) is 0 Å². The van der Waals surface area contributed by atoms with Crippen LogP contribution in [0.3, 0.4) is 0 Å². The molecule has 0 bridgehead atoms. The predicted octanol–water partition coefficient (Wildman–Crippen LogP) is 3.18. The van der Waals surface area contributed by atoms with Gasteiger partial charge in [0.1, 0.15) is 0 Å². The number of rotatable bonds is 4. The van der Waals surface area contributed by atoms with Crippen LogP contribution in [0, 0.1) is 5.92 Å². The minimum absolute atomic E-state index is 0.0116. The predicted molar refractivity (Wildman–Crippen MR) is 93.5 cm³/mol. The molecule has 0 aromatic heterocycles. The Morgan fingerprint density at radius 1 is 1.29 bits per heavy atom. The fourth-order valence-corrected chi connectivity index (χ4v) is 3.41. The van der Waals surface area contributed by atoms with Gasteiger partial charge in [-0.25, -0.2) is 4.79 Å². The van der Waals surface area contributed by atoms with Gasteiger partial charge < -0.3 is 10.2 Å². The van der Waals surface area contributed by atoms with Gasteiger partial charge in [0, 0.05) is 18.6 Å². The van der Waals surface area contributed by atoms with Crippen molar-refractivity contribution in [2.75, 3.05) is 20.1 Å². The Morgan fingerprint density at radius 3 is 2.67 bits per heavy atom. The van der Waals surface area contributed by atoms with Gasteiger partial charge in [0.05, 0.1) is 23.9 Å². The van der Waals surface area contributed by atoms with Crippen LogP contribution in [-0.2, 0) is 4.79 Å². The van der Waals surface area contributed by atoms with Crippen molar-refractivity contribution in [1.82, 2.24) is 15.1 Å². The van der Waals surface area contributed by atoms with E-state index in [4.69, 9.17) is 11.6 Å². The van der Waals surface area contributed by atoms with Gasteiger partial charge in [-0.2, -0.15) is 0 Å². The van der Waals surface area contributed by atoms with Crippen molar-refractivity contribution in [2.45, 2.75) is 26.3 Å². The van der Waals surface area contributed by atoms with Crippen LogP contribution in [0.15, 0.2) is 35.5 Å². The highest BCUT2D eigenvalue weighted by atomic mass is 35.5. The maximum absolute atomic E-state index is 12.9. The fraction of sp³-hybridized carbons (Fsp3) is 0.444. The summed E-state index contributed by atoms with van der Waals surface area (Å²) in [5.41, 5.74) is 2.17. The molecule has 2 heterocycles. The van der Waals surface area contributed by atoms with Crippen LogP contribution in [0.25, 0.3) is 0 Å². The molecule has 24 heavy (non-hydrogen) atoms. The molecule has 0 aliphatic carbocycles. The van der Waals surface area contributed by atoms with E-state index in [9.17, 15) is 9.59 Å². The van der Waals surface area contributed by atoms with Crippen LogP contribution < -0.4 is 5.32 Å². The van der Waals surface area contributed by atoms with Crippen molar-refractivity contribution in [3.05, 3.63) is 46.1 Å². The number of amides is 3. The molecule has 1 N–H and O–H groups in total. The quantitative estimate of drug-likeness (QED) is 0.909. The lowest BCUT2D eigenvalue weighted by Crippen LogP contribution is -2.45. The molecule has 0 radical (unpaired) electrons. The first-order valence-corrected chi connectivity index (χ1v) is 8.59. The zero-order valence-corrected chi connectivity index (χ0v) is 14.9. The van der Waals surface area contributed by atoms with Gasteiger partial charge in [-0.3, -0.25) is 9.69 Å². The molecule has 2 aliphatic rings. The second-order valence-electron chi connectivity index (χ2n) is 6.73. The van der Waals surface area contributed by atoms with Crippen LogP contribution >= 0.6 is 11.6 Å². The van der Waals surface area contributed by atoms with E-state index < -0.39 is 6.04 Å². The molecule has 5 nitrogen and oxygen atoms in total. The highest BCUT2D eigenvalue weighted by molar-refractivity contribution is 6.31. The van der Waals surface area contributed by atoms with Crippen LogP contribution in [0.5, 0.6) is 0 Å². The monoisotopic (exact) mass is 347 g/mol. The summed E-state index contributed by atoms with van der Waals surface area (Å²) >= 11 is 6.31. The highest BCUT2D eigenvalue weighted by Gasteiger charge is 2.43. The topological polar surface area (TPSA) is 52.7 Å².